The van der Waals surface area contributed by atoms with Crippen LogP contribution in [0.15, 0.2) is 42.0 Å². The van der Waals surface area contributed by atoms with Crippen molar-refractivity contribution in [2.45, 2.75) is 77.4 Å². The van der Waals surface area contributed by atoms with Crippen LogP contribution in [0, 0.1) is 23.2 Å². The zero-order valence-electron chi connectivity index (χ0n) is 19.8. The molecule has 0 bridgehead atoms. The number of carbonyl (C=O) groups excluding carboxylic acids is 1. The van der Waals surface area contributed by atoms with Crippen molar-refractivity contribution in [1.29, 1.82) is 0 Å². The summed E-state index contributed by atoms with van der Waals surface area (Å²) in [4.78, 5) is 12.9. The van der Waals surface area contributed by atoms with E-state index in [1.807, 2.05) is 32.0 Å². The summed E-state index contributed by atoms with van der Waals surface area (Å²) in [5.74, 6) is -0.0867. The van der Waals surface area contributed by atoms with Gasteiger partial charge in [0.1, 0.15) is 12.2 Å². The summed E-state index contributed by atoms with van der Waals surface area (Å²) in [5, 5.41) is 3.63. The second kappa shape index (κ2) is 8.27. The fraction of sp³-hybridized carbons (Fsp3) is 0.667. The maximum Gasteiger partial charge on any atom is 0.311 e. The van der Waals surface area contributed by atoms with E-state index in [0.717, 1.165) is 12.0 Å². The van der Waals surface area contributed by atoms with Gasteiger partial charge < -0.3 is 19.5 Å². The minimum atomic E-state index is -0.633. The normalized spacial score (nSPS) is 40.8. The van der Waals surface area contributed by atoms with E-state index in [1.165, 1.54) is 19.3 Å². The van der Waals surface area contributed by atoms with Crippen molar-refractivity contribution in [2.75, 3.05) is 13.2 Å². The summed E-state index contributed by atoms with van der Waals surface area (Å²) in [5.41, 5.74) is 2.87. The molecule has 1 N–H and O–H groups in total. The van der Waals surface area contributed by atoms with Crippen LogP contribution in [0.25, 0.3) is 0 Å². The molecule has 7 atom stereocenters. The average Bonchev–Trinajstić information content (AvgIpc) is 3.05. The maximum absolute atomic E-state index is 12.9. The molecule has 0 radical (unpaired) electrons. The van der Waals surface area contributed by atoms with E-state index in [2.05, 4.69) is 37.4 Å². The van der Waals surface area contributed by atoms with Gasteiger partial charge in [-0.25, -0.2) is 0 Å². The zero-order valence-corrected chi connectivity index (χ0v) is 19.8. The largest absolute Gasteiger partial charge is 0.461 e. The summed E-state index contributed by atoms with van der Waals surface area (Å²) in [6, 6.07) is 10.3. The zero-order chi connectivity index (χ0) is 22.5. The van der Waals surface area contributed by atoms with Gasteiger partial charge in [0.2, 0.25) is 0 Å². The van der Waals surface area contributed by atoms with Gasteiger partial charge in [0.05, 0.1) is 18.6 Å². The molecular weight excluding hydrogens is 402 g/mol. The lowest BCUT2D eigenvalue weighted by atomic mass is 9.59. The molecule has 174 valence electrons. The molecule has 2 heterocycles. The van der Waals surface area contributed by atoms with Gasteiger partial charge in [-0.15, -0.1) is 0 Å². The van der Waals surface area contributed by atoms with Crippen molar-refractivity contribution < 1.29 is 19.0 Å². The second-order valence-corrected chi connectivity index (χ2v) is 11.0. The predicted octanol–water partition coefficient (Wildman–Crippen LogP) is 4.78. The molecule has 2 saturated heterocycles. The summed E-state index contributed by atoms with van der Waals surface area (Å²) in [7, 11) is 0. The van der Waals surface area contributed by atoms with E-state index >= 15 is 0 Å². The van der Waals surface area contributed by atoms with Crippen LogP contribution in [0.4, 0.5) is 0 Å². The highest BCUT2D eigenvalue weighted by molar-refractivity contribution is 5.76. The minimum absolute atomic E-state index is 0.0102. The summed E-state index contributed by atoms with van der Waals surface area (Å²) in [6.45, 7) is 9.74. The number of rotatable bonds is 4. The maximum atomic E-state index is 12.9. The molecule has 1 aromatic carbocycles. The Bertz CT molecular complexity index is 881. The van der Waals surface area contributed by atoms with Crippen LogP contribution in [0.2, 0.25) is 0 Å². The molecule has 7 unspecified atom stereocenters. The average molecular weight is 440 g/mol. The van der Waals surface area contributed by atoms with Crippen molar-refractivity contribution in [3.63, 3.8) is 0 Å². The van der Waals surface area contributed by atoms with Gasteiger partial charge in [-0.3, -0.25) is 4.79 Å². The van der Waals surface area contributed by atoms with Crippen molar-refractivity contribution in [3.05, 3.63) is 47.5 Å². The third-order valence-electron chi connectivity index (χ3n) is 8.20. The molecule has 5 heteroatoms. The van der Waals surface area contributed by atoms with E-state index < -0.39 is 5.79 Å². The van der Waals surface area contributed by atoms with Gasteiger partial charge in [-0.05, 0) is 50.0 Å². The fourth-order valence-corrected chi connectivity index (χ4v) is 6.47. The SMILES string of the molecule is CC1CCCC2(C)CC3OC(=O)C(CNC4COC(C)(C)OC4c4ccccc4)C3C=C12. The Hall–Kier alpha value is -1.69. The first-order chi connectivity index (χ1) is 15.3. The number of benzene rings is 1. The number of carbonyl (C=O) groups is 1. The minimum Gasteiger partial charge on any atom is -0.461 e. The lowest BCUT2D eigenvalue weighted by molar-refractivity contribution is -0.285. The van der Waals surface area contributed by atoms with Crippen molar-refractivity contribution in [3.8, 4) is 0 Å². The van der Waals surface area contributed by atoms with Crippen molar-refractivity contribution in [1.82, 2.24) is 5.32 Å². The highest BCUT2D eigenvalue weighted by Crippen LogP contribution is 2.53. The molecule has 0 amide bonds. The molecule has 5 nitrogen and oxygen atoms in total. The number of hydrogen-bond donors (Lipinski definition) is 1. The molecule has 0 aromatic heterocycles. The summed E-state index contributed by atoms with van der Waals surface area (Å²) < 4.78 is 18.2. The fourth-order valence-electron chi connectivity index (χ4n) is 6.47. The van der Waals surface area contributed by atoms with E-state index in [4.69, 9.17) is 14.2 Å². The third-order valence-corrected chi connectivity index (χ3v) is 8.20. The number of nitrogens with one attached hydrogen (secondary N) is 1. The summed E-state index contributed by atoms with van der Waals surface area (Å²) in [6.07, 6.45) is 6.99. The predicted molar refractivity (Wildman–Crippen MR) is 123 cm³/mol. The van der Waals surface area contributed by atoms with Gasteiger partial charge in [0, 0.05) is 12.5 Å². The van der Waals surface area contributed by atoms with Crippen molar-refractivity contribution >= 4 is 5.97 Å². The molecule has 32 heavy (non-hydrogen) atoms. The molecular formula is C27H37NO4. The van der Waals surface area contributed by atoms with Gasteiger partial charge in [-0.1, -0.05) is 62.2 Å². The van der Waals surface area contributed by atoms with Gasteiger partial charge >= 0.3 is 5.97 Å². The quantitative estimate of drug-likeness (QED) is 0.540. The van der Waals surface area contributed by atoms with Gasteiger partial charge in [0.15, 0.2) is 5.79 Å². The molecule has 1 aromatic rings. The smallest absolute Gasteiger partial charge is 0.311 e. The number of allylic oxidation sites excluding steroid dienone is 1. The van der Waals surface area contributed by atoms with Crippen LogP contribution in [-0.4, -0.2) is 37.1 Å². The Labute approximate surface area is 191 Å². The van der Waals surface area contributed by atoms with E-state index in [0.29, 0.717) is 19.1 Å². The van der Waals surface area contributed by atoms with Crippen molar-refractivity contribution in [2.24, 2.45) is 23.2 Å². The van der Waals surface area contributed by atoms with Crippen LogP contribution >= 0.6 is 0 Å². The highest BCUT2D eigenvalue weighted by Gasteiger charge is 2.52. The Kier molecular flexibility index (Phi) is 5.71. The summed E-state index contributed by atoms with van der Waals surface area (Å²) >= 11 is 0. The van der Waals surface area contributed by atoms with Crippen LogP contribution in [0.3, 0.4) is 0 Å². The topological polar surface area (TPSA) is 56.8 Å². The Morgan fingerprint density at radius 1 is 1.16 bits per heavy atom. The first-order valence-corrected chi connectivity index (χ1v) is 12.3. The number of esters is 1. The Balaban J connectivity index is 1.33. The Morgan fingerprint density at radius 2 is 1.94 bits per heavy atom. The molecule has 2 aliphatic carbocycles. The third kappa shape index (κ3) is 4.04. The van der Waals surface area contributed by atoms with Crippen LogP contribution in [0.5, 0.6) is 0 Å². The molecule has 1 saturated carbocycles. The molecule has 4 aliphatic rings. The first kappa shape index (κ1) is 22.1. The number of fused-ring (bicyclic) bond motifs is 2. The first-order valence-electron chi connectivity index (χ1n) is 12.3. The molecule has 5 rings (SSSR count). The van der Waals surface area contributed by atoms with Crippen LogP contribution in [0.1, 0.15) is 65.0 Å². The van der Waals surface area contributed by atoms with Gasteiger partial charge in [0.25, 0.3) is 0 Å². The highest BCUT2D eigenvalue weighted by atomic mass is 16.7. The molecule has 2 aliphatic heterocycles. The standard InChI is InChI=1S/C27H37NO4/c1-17-9-8-12-27(4)14-23-19(13-21(17)27)20(25(29)31-23)15-28-22-16-30-26(2,3)32-24(22)18-10-6-5-7-11-18/h5-7,10-11,13,17,19-20,22-24,28H,8-9,12,14-16H2,1-4H3. The van der Waals surface area contributed by atoms with Crippen LogP contribution < -0.4 is 5.32 Å². The second-order valence-electron chi connectivity index (χ2n) is 11.0. The van der Waals surface area contributed by atoms with E-state index in [1.54, 1.807) is 5.57 Å². The molecule has 3 fully saturated rings. The number of ether oxygens (including phenoxy) is 3. The van der Waals surface area contributed by atoms with Gasteiger partial charge in [-0.2, -0.15) is 0 Å². The van der Waals surface area contributed by atoms with E-state index in [-0.39, 0.29) is 41.5 Å². The lowest BCUT2D eigenvalue weighted by Gasteiger charge is -2.46. The van der Waals surface area contributed by atoms with Crippen LogP contribution in [-0.2, 0) is 19.0 Å². The number of hydrogen-bond acceptors (Lipinski definition) is 5. The van der Waals surface area contributed by atoms with E-state index in [9.17, 15) is 4.79 Å². The Morgan fingerprint density at radius 3 is 2.72 bits per heavy atom. The monoisotopic (exact) mass is 439 g/mol. The lowest BCUT2D eigenvalue weighted by Crippen LogP contribution is -2.52. The molecule has 0 spiro atoms.